The van der Waals surface area contributed by atoms with Crippen molar-refractivity contribution in [3.63, 3.8) is 0 Å². The fourth-order valence-corrected chi connectivity index (χ4v) is 2.92. The molecule has 2 aromatic carbocycles. The standard InChI is InChI=1S/C18H16N2O/c1-2-7-18-14(5-1)17(9-11-21-18)20-16-6-3-4-13-8-10-19-12-15(13)16/h1-8,10,12,17,20H,9,11H2. The molecule has 0 bridgehead atoms. The molecule has 3 heteroatoms. The summed E-state index contributed by atoms with van der Waals surface area (Å²) < 4.78 is 5.73. The Balaban J connectivity index is 1.73. The van der Waals surface area contributed by atoms with E-state index in [2.05, 4.69) is 40.6 Å². The zero-order valence-electron chi connectivity index (χ0n) is 11.6. The van der Waals surface area contributed by atoms with Crippen LogP contribution < -0.4 is 10.1 Å². The molecule has 1 atom stereocenters. The minimum atomic E-state index is 0.278. The van der Waals surface area contributed by atoms with Crippen LogP contribution in [0.1, 0.15) is 18.0 Å². The Morgan fingerprint density at radius 3 is 3.00 bits per heavy atom. The molecule has 1 unspecified atom stereocenters. The number of fused-ring (bicyclic) bond motifs is 2. The van der Waals surface area contributed by atoms with Gasteiger partial charge in [0.1, 0.15) is 5.75 Å². The minimum Gasteiger partial charge on any atom is -0.493 e. The van der Waals surface area contributed by atoms with Gasteiger partial charge in [0, 0.05) is 35.5 Å². The summed E-state index contributed by atoms with van der Waals surface area (Å²) in [7, 11) is 0. The molecule has 21 heavy (non-hydrogen) atoms. The van der Waals surface area contributed by atoms with Crippen molar-refractivity contribution in [1.29, 1.82) is 0 Å². The molecular formula is C18H16N2O. The number of aromatic nitrogens is 1. The van der Waals surface area contributed by atoms with E-state index in [1.165, 1.54) is 10.9 Å². The maximum Gasteiger partial charge on any atom is 0.124 e. The van der Waals surface area contributed by atoms with Crippen LogP contribution in [-0.4, -0.2) is 11.6 Å². The van der Waals surface area contributed by atoms with Crippen molar-refractivity contribution in [1.82, 2.24) is 4.98 Å². The van der Waals surface area contributed by atoms with Gasteiger partial charge in [-0.05, 0) is 23.6 Å². The van der Waals surface area contributed by atoms with Crippen LogP contribution in [0.5, 0.6) is 5.75 Å². The lowest BCUT2D eigenvalue weighted by Crippen LogP contribution is -2.20. The molecule has 4 rings (SSSR count). The van der Waals surface area contributed by atoms with Crippen LogP contribution >= 0.6 is 0 Å². The summed E-state index contributed by atoms with van der Waals surface area (Å²) in [5.41, 5.74) is 2.35. The molecule has 0 fully saturated rings. The molecule has 0 amide bonds. The predicted octanol–water partition coefficient (Wildman–Crippen LogP) is 4.17. The highest BCUT2D eigenvalue weighted by molar-refractivity contribution is 5.93. The van der Waals surface area contributed by atoms with Crippen molar-refractivity contribution in [3.05, 3.63) is 66.5 Å². The van der Waals surface area contributed by atoms with E-state index in [1.807, 2.05) is 30.6 Å². The van der Waals surface area contributed by atoms with Crippen molar-refractivity contribution in [3.8, 4) is 5.75 Å². The Morgan fingerprint density at radius 2 is 2.00 bits per heavy atom. The number of benzene rings is 2. The van der Waals surface area contributed by atoms with E-state index < -0.39 is 0 Å². The zero-order chi connectivity index (χ0) is 14.1. The lowest BCUT2D eigenvalue weighted by atomic mass is 9.99. The van der Waals surface area contributed by atoms with Gasteiger partial charge >= 0.3 is 0 Å². The zero-order valence-corrected chi connectivity index (χ0v) is 11.6. The first kappa shape index (κ1) is 12.2. The average Bonchev–Trinajstić information content (AvgIpc) is 2.56. The van der Waals surface area contributed by atoms with Crippen LogP contribution in [0, 0.1) is 0 Å². The largest absolute Gasteiger partial charge is 0.493 e. The molecule has 0 radical (unpaired) electrons. The summed E-state index contributed by atoms with van der Waals surface area (Å²) in [6.07, 6.45) is 4.71. The van der Waals surface area contributed by atoms with Gasteiger partial charge in [0.15, 0.2) is 0 Å². The van der Waals surface area contributed by atoms with Gasteiger partial charge in [-0.15, -0.1) is 0 Å². The number of rotatable bonds is 2. The summed E-state index contributed by atoms with van der Waals surface area (Å²) in [5.74, 6) is 0.986. The van der Waals surface area contributed by atoms with Gasteiger partial charge in [0.05, 0.1) is 12.6 Å². The number of nitrogens with one attached hydrogen (secondary N) is 1. The molecular weight excluding hydrogens is 260 g/mol. The van der Waals surface area contributed by atoms with Gasteiger partial charge < -0.3 is 10.1 Å². The molecule has 0 saturated heterocycles. The molecule has 0 spiro atoms. The highest BCUT2D eigenvalue weighted by Crippen LogP contribution is 2.35. The topological polar surface area (TPSA) is 34.1 Å². The van der Waals surface area contributed by atoms with Crippen molar-refractivity contribution in [2.75, 3.05) is 11.9 Å². The van der Waals surface area contributed by atoms with E-state index in [4.69, 9.17) is 4.74 Å². The van der Waals surface area contributed by atoms with Crippen LogP contribution in [0.25, 0.3) is 10.8 Å². The summed E-state index contributed by atoms with van der Waals surface area (Å²) >= 11 is 0. The van der Waals surface area contributed by atoms with E-state index >= 15 is 0 Å². The molecule has 2 heterocycles. The first-order chi connectivity index (χ1) is 10.4. The third-order valence-corrected chi connectivity index (χ3v) is 3.97. The Morgan fingerprint density at radius 1 is 1.05 bits per heavy atom. The molecule has 3 nitrogen and oxygen atoms in total. The summed E-state index contributed by atoms with van der Waals surface area (Å²) in [5, 5.41) is 6.02. The second-order valence-corrected chi connectivity index (χ2v) is 5.27. The molecule has 104 valence electrons. The van der Waals surface area contributed by atoms with Gasteiger partial charge in [0.2, 0.25) is 0 Å². The SMILES string of the molecule is c1ccc2c(c1)OCCC2Nc1cccc2ccncc12. The van der Waals surface area contributed by atoms with Gasteiger partial charge in [-0.2, -0.15) is 0 Å². The predicted molar refractivity (Wildman–Crippen MR) is 84.7 cm³/mol. The summed E-state index contributed by atoms with van der Waals surface area (Å²) in [6.45, 7) is 0.748. The maximum absolute atomic E-state index is 5.73. The molecule has 1 aliphatic heterocycles. The molecule has 0 saturated carbocycles. The molecule has 1 N–H and O–H groups in total. The fourth-order valence-electron chi connectivity index (χ4n) is 2.92. The lowest BCUT2D eigenvalue weighted by molar-refractivity contribution is 0.274. The van der Waals surface area contributed by atoms with Crippen molar-refractivity contribution in [2.45, 2.75) is 12.5 Å². The van der Waals surface area contributed by atoms with Crippen LogP contribution in [0.2, 0.25) is 0 Å². The second kappa shape index (κ2) is 5.09. The first-order valence-electron chi connectivity index (χ1n) is 7.23. The molecule has 1 aromatic heterocycles. The first-order valence-corrected chi connectivity index (χ1v) is 7.23. The van der Waals surface area contributed by atoms with Crippen LogP contribution in [0.4, 0.5) is 5.69 Å². The van der Waals surface area contributed by atoms with Crippen molar-refractivity contribution >= 4 is 16.5 Å². The van der Waals surface area contributed by atoms with Gasteiger partial charge in [-0.25, -0.2) is 0 Å². The summed E-state index contributed by atoms with van der Waals surface area (Å²) in [6, 6.07) is 16.9. The smallest absolute Gasteiger partial charge is 0.124 e. The van der Waals surface area contributed by atoms with Crippen molar-refractivity contribution in [2.24, 2.45) is 0 Å². The third-order valence-electron chi connectivity index (χ3n) is 3.97. The van der Waals surface area contributed by atoms with E-state index in [9.17, 15) is 0 Å². The fraction of sp³-hybridized carbons (Fsp3) is 0.167. The molecule has 1 aliphatic rings. The Bertz CT molecular complexity index is 780. The second-order valence-electron chi connectivity index (χ2n) is 5.27. The number of hydrogen-bond acceptors (Lipinski definition) is 3. The third kappa shape index (κ3) is 2.21. The lowest BCUT2D eigenvalue weighted by Gasteiger charge is -2.27. The number of ether oxygens (including phenoxy) is 1. The number of pyridine rings is 1. The monoisotopic (exact) mass is 276 g/mol. The van der Waals surface area contributed by atoms with Gasteiger partial charge in [-0.3, -0.25) is 4.98 Å². The molecule has 3 aromatic rings. The Labute approximate surface area is 123 Å². The number of nitrogens with zero attached hydrogens (tertiary/aromatic N) is 1. The molecule has 0 aliphatic carbocycles. The van der Waals surface area contributed by atoms with Crippen LogP contribution in [0.3, 0.4) is 0 Å². The quantitative estimate of drug-likeness (QED) is 0.762. The van der Waals surface area contributed by atoms with E-state index in [1.54, 1.807) is 0 Å². The van der Waals surface area contributed by atoms with E-state index in [-0.39, 0.29) is 6.04 Å². The highest BCUT2D eigenvalue weighted by atomic mass is 16.5. The van der Waals surface area contributed by atoms with Crippen LogP contribution in [-0.2, 0) is 0 Å². The minimum absolute atomic E-state index is 0.278. The Hall–Kier alpha value is -2.55. The van der Waals surface area contributed by atoms with E-state index in [0.717, 1.165) is 29.9 Å². The average molecular weight is 276 g/mol. The number of para-hydroxylation sites is 1. The number of anilines is 1. The van der Waals surface area contributed by atoms with Gasteiger partial charge in [-0.1, -0.05) is 30.3 Å². The highest BCUT2D eigenvalue weighted by Gasteiger charge is 2.21. The Kier molecular flexibility index (Phi) is 2.96. The maximum atomic E-state index is 5.73. The number of hydrogen-bond donors (Lipinski definition) is 1. The summed E-state index contributed by atoms with van der Waals surface area (Å²) in [4.78, 5) is 4.25. The van der Waals surface area contributed by atoms with Crippen molar-refractivity contribution < 1.29 is 4.74 Å². The normalized spacial score (nSPS) is 17.0. The van der Waals surface area contributed by atoms with Gasteiger partial charge in [0.25, 0.3) is 0 Å². The van der Waals surface area contributed by atoms with Crippen LogP contribution in [0.15, 0.2) is 60.9 Å². The van der Waals surface area contributed by atoms with E-state index in [0.29, 0.717) is 0 Å².